The maximum Gasteiger partial charge on any atom is 0.319 e. The highest BCUT2D eigenvalue weighted by atomic mass is 16.2. The van der Waals surface area contributed by atoms with Gasteiger partial charge in [-0.15, -0.1) is 0 Å². The minimum atomic E-state index is 0.0113. The van der Waals surface area contributed by atoms with Crippen molar-refractivity contribution in [3.8, 4) is 0 Å². The molecule has 0 aliphatic carbocycles. The predicted octanol–water partition coefficient (Wildman–Crippen LogP) is 4.11. The molecule has 0 saturated heterocycles. The summed E-state index contributed by atoms with van der Waals surface area (Å²) in [6.07, 6.45) is 0. The molecular formula is C19H20N2O. The monoisotopic (exact) mass is 292 g/mol. The molecular weight excluding hydrogens is 272 g/mol. The number of benzene rings is 3. The summed E-state index contributed by atoms with van der Waals surface area (Å²) in [6, 6.07) is 19.0. The summed E-state index contributed by atoms with van der Waals surface area (Å²) in [7, 11) is 5.39. The Bertz CT molecular complexity index is 839. The molecule has 0 bridgehead atoms. The first-order chi connectivity index (χ1) is 10.6. The maximum absolute atomic E-state index is 12.1. The van der Waals surface area contributed by atoms with Crippen LogP contribution < -0.4 is 0 Å². The number of urea groups is 1. The lowest BCUT2D eigenvalue weighted by Gasteiger charge is -2.23. The van der Waals surface area contributed by atoms with Crippen molar-refractivity contribution >= 4 is 27.6 Å². The van der Waals surface area contributed by atoms with Gasteiger partial charge in [0.2, 0.25) is 0 Å². The van der Waals surface area contributed by atoms with Crippen LogP contribution in [0.2, 0.25) is 0 Å². The number of amides is 2. The number of hydrogen-bond donors (Lipinski definition) is 0. The first-order valence-electron chi connectivity index (χ1n) is 7.39. The normalized spacial score (nSPS) is 10.9. The fourth-order valence-electron chi connectivity index (χ4n) is 2.93. The number of nitrogens with zero attached hydrogens (tertiary/aromatic N) is 2. The average molecular weight is 292 g/mol. The van der Waals surface area contributed by atoms with Crippen LogP contribution in [0.5, 0.6) is 0 Å². The molecule has 0 N–H and O–H groups in total. The largest absolute Gasteiger partial charge is 0.331 e. The number of carbonyl (C=O) groups is 1. The van der Waals surface area contributed by atoms with Crippen LogP contribution in [0.25, 0.3) is 21.5 Å². The van der Waals surface area contributed by atoms with E-state index in [9.17, 15) is 4.79 Å². The molecule has 0 aliphatic heterocycles. The zero-order chi connectivity index (χ0) is 15.7. The fourth-order valence-corrected chi connectivity index (χ4v) is 2.93. The number of rotatable bonds is 2. The molecule has 3 rings (SSSR count). The number of hydrogen-bond acceptors (Lipinski definition) is 1. The van der Waals surface area contributed by atoms with Crippen LogP contribution in [0, 0.1) is 0 Å². The minimum absolute atomic E-state index is 0.0113. The third-order valence-corrected chi connectivity index (χ3v) is 3.97. The van der Waals surface area contributed by atoms with Crippen molar-refractivity contribution < 1.29 is 4.79 Å². The van der Waals surface area contributed by atoms with Crippen LogP contribution in [0.3, 0.4) is 0 Å². The summed E-state index contributed by atoms with van der Waals surface area (Å²) in [5.74, 6) is 0. The zero-order valence-corrected chi connectivity index (χ0v) is 13.2. The molecule has 0 atom stereocenters. The Morgan fingerprint density at radius 3 is 2.14 bits per heavy atom. The molecule has 3 heteroatoms. The van der Waals surface area contributed by atoms with Gasteiger partial charge in [-0.2, -0.15) is 0 Å². The van der Waals surface area contributed by atoms with Crippen molar-refractivity contribution in [3.63, 3.8) is 0 Å². The molecule has 22 heavy (non-hydrogen) atoms. The molecule has 3 nitrogen and oxygen atoms in total. The summed E-state index contributed by atoms with van der Waals surface area (Å²) in [5, 5.41) is 4.91. The van der Waals surface area contributed by atoms with E-state index in [-0.39, 0.29) is 6.03 Å². The van der Waals surface area contributed by atoms with Gasteiger partial charge < -0.3 is 9.80 Å². The highest BCUT2D eigenvalue weighted by Crippen LogP contribution is 2.29. The van der Waals surface area contributed by atoms with Gasteiger partial charge in [-0.25, -0.2) is 4.79 Å². The summed E-state index contributed by atoms with van der Waals surface area (Å²) < 4.78 is 0. The van der Waals surface area contributed by atoms with Crippen LogP contribution in [0.4, 0.5) is 4.79 Å². The molecule has 0 fully saturated rings. The quantitative estimate of drug-likeness (QED) is 0.652. The highest BCUT2D eigenvalue weighted by molar-refractivity contribution is 6.08. The molecule has 0 radical (unpaired) electrons. The zero-order valence-electron chi connectivity index (χ0n) is 13.2. The predicted molar refractivity (Wildman–Crippen MR) is 92.0 cm³/mol. The third kappa shape index (κ3) is 2.50. The lowest BCUT2D eigenvalue weighted by Crippen LogP contribution is -2.35. The summed E-state index contributed by atoms with van der Waals surface area (Å²) >= 11 is 0. The molecule has 0 saturated carbocycles. The van der Waals surface area contributed by atoms with Crippen molar-refractivity contribution in [2.75, 3.05) is 21.1 Å². The van der Waals surface area contributed by atoms with Gasteiger partial charge in [0.25, 0.3) is 0 Å². The topological polar surface area (TPSA) is 23.6 Å². The van der Waals surface area contributed by atoms with Crippen molar-refractivity contribution in [3.05, 3.63) is 60.2 Å². The van der Waals surface area contributed by atoms with Crippen molar-refractivity contribution in [2.24, 2.45) is 0 Å². The van der Waals surface area contributed by atoms with Crippen LogP contribution in [-0.4, -0.2) is 37.0 Å². The summed E-state index contributed by atoms with van der Waals surface area (Å²) in [6.45, 7) is 0.600. The lowest BCUT2D eigenvalue weighted by atomic mass is 9.97. The Kier molecular flexibility index (Phi) is 3.72. The maximum atomic E-state index is 12.1. The van der Waals surface area contributed by atoms with Gasteiger partial charge in [0, 0.05) is 27.7 Å². The van der Waals surface area contributed by atoms with Crippen molar-refractivity contribution in [1.82, 2.24) is 9.80 Å². The summed E-state index contributed by atoms with van der Waals surface area (Å²) in [4.78, 5) is 15.4. The van der Waals surface area contributed by atoms with E-state index in [4.69, 9.17) is 0 Å². The van der Waals surface area contributed by atoms with Gasteiger partial charge in [-0.1, -0.05) is 48.5 Å². The Morgan fingerprint density at radius 1 is 0.864 bits per heavy atom. The van der Waals surface area contributed by atoms with E-state index in [1.807, 2.05) is 13.1 Å². The molecule has 3 aromatic carbocycles. The van der Waals surface area contributed by atoms with Crippen LogP contribution >= 0.6 is 0 Å². The first kappa shape index (κ1) is 14.4. The van der Waals surface area contributed by atoms with E-state index in [1.165, 1.54) is 27.1 Å². The van der Waals surface area contributed by atoms with Crippen LogP contribution in [-0.2, 0) is 6.54 Å². The van der Waals surface area contributed by atoms with E-state index >= 15 is 0 Å². The van der Waals surface area contributed by atoms with E-state index in [0.717, 1.165) is 0 Å². The van der Waals surface area contributed by atoms with E-state index < -0.39 is 0 Å². The SMILES string of the molecule is CN(C)C(=O)N(C)Cc1cc2ccccc2c2ccccc12. The van der Waals surface area contributed by atoms with Crippen molar-refractivity contribution in [1.29, 1.82) is 0 Å². The van der Waals surface area contributed by atoms with Gasteiger partial charge in [0.1, 0.15) is 0 Å². The van der Waals surface area contributed by atoms with Gasteiger partial charge in [-0.05, 0) is 33.2 Å². The van der Waals surface area contributed by atoms with Gasteiger partial charge in [0.15, 0.2) is 0 Å². The lowest BCUT2D eigenvalue weighted by molar-refractivity contribution is 0.180. The Hall–Kier alpha value is -2.55. The van der Waals surface area contributed by atoms with Crippen molar-refractivity contribution in [2.45, 2.75) is 6.54 Å². The average Bonchev–Trinajstić information content (AvgIpc) is 2.54. The minimum Gasteiger partial charge on any atom is -0.331 e. The molecule has 0 aliphatic rings. The van der Waals surface area contributed by atoms with Gasteiger partial charge >= 0.3 is 6.03 Å². The Morgan fingerprint density at radius 2 is 1.45 bits per heavy atom. The van der Waals surface area contributed by atoms with E-state index in [2.05, 4.69) is 48.5 Å². The van der Waals surface area contributed by atoms with Gasteiger partial charge in [0.05, 0.1) is 0 Å². The first-order valence-corrected chi connectivity index (χ1v) is 7.39. The second kappa shape index (κ2) is 5.68. The molecule has 112 valence electrons. The highest BCUT2D eigenvalue weighted by Gasteiger charge is 2.13. The molecule has 3 aromatic rings. The van der Waals surface area contributed by atoms with Crippen LogP contribution in [0.15, 0.2) is 54.6 Å². The van der Waals surface area contributed by atoms with E-state index in [0.29, 0.717) is 6.54 Å². The summed E-state index contributed by atoms with van der Waals surface area (Å²) in [5.41, 5.74) is 1.17. The van der Waals surface area contributed by atoms with E-state index in [1.54, 1.807) is 23.9 Å². The fraction of sp³-hybridized carbons (Fsp3) is 0.211. The molecule has 0 unspecified atom stereocenters. The Labute approximate surface area is 130 Å². The molecule has 0 heterocycles. The van der Waals surface area contributed by atoms with Crippen LogP contribution in [0.1, 0.15) is 5.56 Å². The third-order valence-electron chi connectivity index (χ3n) is 3.97. The number of carbonyl (C=O) groups excluding carboxylic acids is 1. The van der Waals surface area contributed by atoms with Gasteiger partial charge in [-0.3, -0.25) is 0 Å². The number of fused-ring (bicyclic) bond motifs is 3. The molecule has 0 aromatic heterocycles. The standard InChI is InChI=1S/C19H20N2O/c1-20(2)19(22)21(3)13-15-12-14-8-4-5-9-16(14)18-11-7-6-10-17(15)18/h4-12H,13H2,1-3H3. The smallest absolute Gasteiger partial charge is 0.319 e. The Balaban J connectivity index is 2.13. The molecule has 0 spiro atoms. The second-order valence-corrected chi connectivity index (χ2v) is 5.84. The molecule has 2 amide bonds. The second-order valence-electron chi connectivity index (χ2n) is 5.84.